The Morgan fingerprint density at radius 3 is 2.68 bits per heavy atom. The molecular formula is C14H16N2O2S. The van der Waals surface area contributed by atoms with Gasteiger partial charge in [-0.25, -0.2) is 0 Å². The summed E-state index contributed by atoms with van der Waals surface area (Å²) in [7, 11) is 1.52. The van der Waals surface area contributed by atoms with Crippen LogP contribution in [0.3, 0.4) is 0 Å². The van der Waals surface area contributed by atoms with Crippen LogP contribution in [0, 0.1) is 0 Å². The van der Waals surface area contributed by atoms with Gasteiger partial charge in [-0.15, -0.1) is 0 Å². The first kappa shape index (κ1) is 12.5. The van der Waals surface area contributed by atoms with Gasteiger partial charge >= 0.3 is 0 Å². The number of nitrogens with one attached hydrogen (secondary N) is 1. The molecule has 1 aromatic carbocycles. The fourth-order valence-corrected chi connectivity index (χ4v) is 3.78. The molecule has 2 amide bonds. The molecule has 2 unspecified atom stereocenters. The summed E-state index contributed by atoms with van der Waals surface area (Å²) in [5.41, 5.74) is 1.94. The maximum absolute atomic E-state index is 11.9. The molecule has 3 rings (SSSR count). The number of amides is 2. The van der Waals surface area contributed by atoms with Gasteiger partial charge in [-0.05, 0) is 30.4 Å². The van der Waals surface area contributed by atoms with Crippen LogP contribution < -0.4 is 5.32 Å². The van der Waals surface area contributed by atoms with Gasteiger partial charge in [0.05, 0.1) is 11.1 Å². The normalized spacial score (nSPS) is 25.9. The van der Waals surface area contributed by atoms with E-state index < -0.39 is 0 Å². The Bertz CT molecular complexity index is 558. The minimum atomic E-state index is -0.212. The van der Waals surface area contributed by atoms with Gasteiger partial charge in [0.1, 0.15) is 0 Å². The fraction of sp³-hybridized carbons (Fsp3) is 0.429. The molecule has 0 bridgehead atoms. The third-order valence-electron chi connectivity index (χ3n) is 3.82. The minimum Gasteiger partial charge on any atom is -0.381 e. The van der Waals surface area contributed by atoms with Crippen molar-refractivity contribution in [2.45, 2.75) is 24.6 Å². The first-order valence-electron chi connectivity index (χ1n) is 6.42. The molecule has 2 aliphatic rings. The van der Waals surface area contributed by atoms with Crippen LogP contribution in [0.4, 0.5) is 5.69 Å². The van der Waals surface area contributed by atoms with Crippen molar-refractivity contribution < 1.29 is 9.59 Å². The SMILES string of the molecule is CC1SCCC1Nc1ccc2c(c1)C(=O)N(C)C2=O. The lowest BCUT2D eigenvalue weighted by atomic mass is 10.1. The molecule has 19 heavy (non-hydrogen) atoms. The van der Waals surface area contributed by atoms with E-state index in [0.717, 1.165) is 12.1 Å². The molecule has 1 saturated heterocycles. The molecule has 0 aliphatic carbocycles. The van der Waals surface area contributed by atoms with E-state index in [-0.39, 0.29) is 11.8 Å². The van der Waals surface area contributed by atoms with Crippen molar-refractivity contribution in [3.63, 3.8) is 0 Å². The second-order valence-corrected chi connectivity index (χ2v) is 6.53. The van der Waals surface area contributed by atoms with Crippen LogP contribution in [0.15, 0.2) is 18.2 Å². The Balaban J connectivity index is 1.87. The highest BCUT2D eigenvalue weighted by Gasteiger charge is 2.33. The number of carbonyl (C=O) groups is 2. The molecule has 100 valence electrons. The van der Waals surface area contributed by atoms with Crippen molar-refractivity contribution in [1.82, 2.24) is 4.90 Å². The predicted octanol–water partition coefficient (Wildman–Crippen LogP) is 2.22. The third-order valence-corrected chi connectivity index (χ3v) is 5.14. The lowest BCUT2D eigenvalue weighted by molar-refractivity contribution is 0.0693. The molecule has 4 nitrogen and oxygen atoms in total. The number of rotatable bonds is 2. The zero-order valence-corrected chi connectivity index (χ0v) is 11.8. The molecular weight excluding hydrogens is 260 g/mol. The standard InChI is InChI=1S/C14H16N2O2S/c1-8-12(5-6-19-8)15-9-3-4-10-11(7-9)14(18)16(2)13(10)17/h3-4,7-8,12,15H,5-6H2,1-2H3. The number of imide groups is 1. The van der Waals surface area contributed by atoms with Crippen LogP contribution in [0.1, 0.15) is 34.1 Å². The van der Waals surface area contributed by atoms with Crippen LogP contribution >= 0.6 is 11.8 Å². The summed E-state index contributed by atoms with van der Waals surface area (Å²) >= 11 is 1.96. The molecule has 2 aliphatic heterocycles. The summed E-state index contributed by atoms with van der Waals surface area (Å²) in [5.74, 6) is 0.748. The third kappa shape index (κ3) is 2.02. The van der Waals surface area contributed by atoms with Gasteiger partial charge in [-0.1, -0.05) is 6.92 Å². The molecule has 1 aromatic rings. The van der Waals surface area contributed by atoms with Gasteiger partial charge in [0, 0.05) is 24.0 Å². The summed E-state index contributed by atoms with van der Waals surface area (Å²) in [6, 6.07) is 5.87. The van der Waals surface area contributed by atoms with Crippen molar-refractivity contribution in [1.29, 1.82) is 0 Å². The number of benzene rings is 1. The largest absolute Gasteiger partial charge is 0.381 e. The zero-order chi connectivity index (χ0) is 13.6. The maximum atomic E-state index is 11.9. The minimum absolute atomic E-state index is 0.211. The van der Waals surface area contributed by atoms with Crippen LogP contribution in [0.25, 0.3) is 0 Å². The predicted molar refractivity (Wildman–Crippen MR) is 76.8 cm³/mol. The van der Waals surface area contributed by atoms with Crippen LogP contribution in [0.5, 0.6) is 0 Å². The van der Waals surface area contributed by atoms with Gasteiger partial charge in [0.2, 0.25) is 0 Å². The Morgan fingerprint density at radius 2 is 2.00 bits per heavy atom. The highest BCUT2D eigenvalue weighted by molar-refractivity contribution is 8.00. The summed E-state index contributed by atoms with van der Waals surface area (Å²) in [6.45, 7) is 2.21. The van der Waals surface area contributed by atoms with Gasteiger partial charge in [-0.2, -0.15) is 11.8 Å². The molecule has 0 radical (unpaired) electrons. The highest BCUT2D eigenvalue weighted by Crippen LogP contribution is 2.30. The van der Waals surface area contributed by atoms with E-state index in [1.165, 1.54) is 17.7 Å². The number of anilines is 1. The number of nitrogens with zero attached hydrogens (tertiary/aromatic N) is 1. The Kier molecular flexibility index (Phi) is 3.01. The van der Waals surface area contributed by atoms with Crippen molar-refractivity contribution >= 4 is 29.3 Å². The van der Waals surface area contributed by atoms with E-state index in [0.29, 0.717) is 22.4 Å². The molecule has 2 atom stereocenters. The van der Waals surface area contributed by atoms with Crippen LogP contribution in [-0.2, 0) is 0 Å². The Morgan fingerprint density at radius 1 is 1.26 bits per heavy atom. The topological polar surface area (TPSA) is 49.4 Å². The zero-order valence-electron chi connectivity index (χ0n) is 11.0. The molecule has 0 aromatic heterocycles. The number of hydrogen-bond donors (Lipinski definition) is 1. The molecule has 5 heteroatoms. The van der Waals surface area contributed by atoms with E-state index >= 15 is 0 Å². The van der Waals surface area contributed by atoms with Crippen LogP contribution in [0.2, 0.25) is 0 Å². The highest BCUT2D eigenvalue weighted by atomic mass is 32.2. The molecule has 0 saturated carbocycles. The summed E-state index contributed by atoms with van der Waals surface area (Å²) in [5, 5.41) is 4.04. The number of carbonyl (C=O) groups excluding carboxylic acids is 2. The van der Waals surface area contributed by atoms with Gasteiger partial charge < -0.3 is 5.32 Å². The quantitative estimate of drug-likeness (QED) is 0.842. The smallest absolute Gasteiger partial charge is 0.261 e. The molecule has 0 spiro atoms. The first-order chi connectivity index (χ1) is 9.08. The second kappa shape index (κ2) is 4.56. The van der Waals surface area contributed by atoms with Crippen molar-refractivity contribution in [3.8, 4) is 0 Å². The molecule has 1 N–H and O–H groups in total. The van der Waals surface area contributed by atoms with Crippen molar-refractivity contribution in [3.05, 3.63) is 29.3 Å². The van der Waals surface area contributed by atoms with Gasteiger partial charge in [0.15, 0.2) is 0 Å². The average molecular weight is 276 g/mol. The Labute approximate surface area is 116 Å². The monoisotopic (exact) mass is 276 g/mol. The summed E-state index contributed by atoms with van der Waals surface area (Å²) in [4.78, 5) is 24.9. The first-order valence-corrected chi connectivity index (χ1v) is 7.47. The van der Waals surface area contributed by atoms with E-state index in [4.69, 9.17) is 0 Å². The van der Waals surface area contributed by atoms with Gasteiger partial charge in [0.25, 0.3) is 11.8 Å². The fourth-order valence-electron chi connectivity index (χ4n) is 2.59. The second-order valence-electron chi connectivity index (χ2n) is 5.05. The number of thioether (sulfide) groups is 1. The molecule has 2 heterocycles. The Hall–Kier alpha value is -1.49. The van der Waals surface area contributed by atoms with E-state index in [1.807, 2.05) is 17.8 Å². The number of fused-ring (bicyclic) bond motifs is 1. The van der Waals surface area contributed by atoms with E-state index in [2.05, 4.69) is 12.2 Å². The van der Waals surface area contributed by atoms with E-state index in [1.54, 1.807) is 12.1 Å². The van der Waals surface area contributed by atoms with Gasteiger partial charge in [-0.3, -0.25) is 14.5 Å². The average Bonchev–Trinajstić information content (AvgIpc) is 2.89. The lowest BCUT2D eigenvalue weighted by Gasteiger charge is -2.18. The molecule has 1 fully saturated rings. The number of hydrogen-bond acceptors (Lipinski definition) is 4. The van der Waals surface area contributed by atoms with Crippen molar-refractivity contribution in [2.24, 2.45) is 0 Å². The summed E-state index contributed by atoms with van der Waals surface area (Å²) < 4.78 is 0. The van der Waals surface area contributed by atoms with Crippen molar-refractivity contribution in [2.75, 3.05) is 18.1 Å². The van der Waals surface area contributed by atoms with E-state index in [9.17, 15) is 9.59 Å². The summed E-state index contributed by atoms with van der Waals surface area (Å²) in [6.07, 6.45) is 1.13. The maximum Gasteiger partial charge on any atom is 0.261 e. The van der Waals surface area contributed by atoms with Crippen LogP contribution in [-0.4, -0.2) is 40.8 Å². The lowest BCUT2D eigenvalue weighted by Crippen LogP contribution is -2.25.